The molecule has 144 valence electrons. The zero-order valence-corrected chi connectivity index (χ0v) is 16.7. The summed E-state index contributed by atoms with van der Waals surface area (Å²) >= 11 is 1.63. The number of carbonyl (C=O) groups excluding carboxylic acids is 1. The van der Waals surface area contributed by atoms with Crippen LogP contribution in [0.15, 0.2) is 29.6 Å². The lowest BCUT2D eigenvalue weighted by Gasteiger charge is -2.35. The minimum atomic E-state index is 0.0393. The first-order valence-electron chi connectivity index (χ1n) is 9.66. The van der Waals surface area contributed by atoms with Crippen LogP contribution in [0.3, 0.4) is 0 Å². The number of piperazine rings is 1. The largest absolute Gasteiger partial charge is 0.352 e. The fraction of sp³-hybridized carbons (Fsp3) is 0.400. The molecule has 1 amide bonds. The van der Waals surface area contributed by atoms with Gasteiger partial charge in [0, 0.05) is 33.2 Å². The standard InChI is InChI=1S/C20H22N6OS/c1-24-17(13-16(23-24)18-6-3-11-28-18)20(27)26-9-7-25(8-10-26)19-12-14-4-2-5-15(14)21-22-19/h3,6,11-13H,2,4-5,7-10H2,1H3. The number of aryl methyl sites for hydroxylation is 3. The molecule has 1 saturated heterocycles. The van der Waals surface area contributed by atoms with Gasteiger partial charge in [0.1, 0.15) is 11.4 Å². The van der Waals surface area contributed by atoms with Gasteiger partial charge in [-0.05, 0) is 48.4 Å². The van der Waals surface area contributed by atoms with Gasteiger partial charge in [-0.2, -0.15) is 10.2 Å². The highest BCUT2D eigenvalue weighted by Gasteiger charge is 2.26. The van der Waals surface area contributed by atoms with Crippen molar-refractivity contribution in [2.24, 2.45) is 7.05 Å². The van der Waals surface area contributed by atoms with Gasteiger partial charge in [0.25, 0.3) is 5.91 Å². The van der Waals surface area contributed by atoms with Crippen LogP contribution in [-0.2, 0) is 19.9 Å². The SMILES string of the molecule is Cn1nc(-c2cccs2)cc1C(=O)N1CCN(c2cc3c(nn2)CCC3)CC1. The van der Waals surface area contributed by atoms with Gasteiger partial charge >= 0.3 is 0 Å². The number of rotatable bonds is 3. The van der Waals surface area contributed by atoms with Crippen molar-refractivity contribution < 1.29 is 4.79 Å². The lowest BCUT2D eigenvalue weighted by Crippen LogP contribution is -2.49. The van der Waals surface area contributed by atoms with Crippen molar-refractivity contribution in [1.29, 1.82) is 0 Å². The van der Waals surface area contributed by atoms with E-state index < -0.39 is 0 Å². The van der Waals surface area contributed by atoms with E-state index in [2.05, 4.69) is 26.3 Å². The van der Waals surface area contributed by atoms with Crippen molar-refractivity contribution in [3.8, 4) is 10.6 Å². The second-order valence-corrected chi connectivity index (χ2v) is 8.27. The Hall–Kier alpha value is -2.74. The summed E-state index contributed by atoms with van der Waals surface area (Å²) in [5, 5.41) is 15.3. The van der Waals surface area contributed by atoms with E-state index in [0.29, 0.717) is 18.8 Å². The van der Waals surface area contributed by atoms with Crippen LogP contribution >= 0.6 is 11.3 Å². The molecule has 4 heterocycles. The molecule has 28 heavy (non-hydrogen) atoms. The first-order valence-corrected chi connectivity index (χ1v) is 10.5. The van der Waals surface area contributed by atoms with Crippen LogP contribution in [0.1, 0.15) is 28.2 Å². The summed E-state index contributed by atoms with van der Waals surface area (Å²) in [5.41, 5.74) is 3.97. The summed E-state index contributed by atoms with van der Waals surface area (Å²) in [5.74, 6) is 0.978. The zero-order chi connectivity index (χ0) is 19.1. The number of anilines is 1. The van der Waals surface area contributed by atoms with Gasteiger partial charge < -0.3 is 9.80 Å². The molecule has 0 unspecified atom stereocenters. The smallest absolute Gasteiger partial charge is 0.272 e. The molecule has 1 fully saturated rings. The lowest BCUT2D eigenvalue weighted by molar-refractivity contribution is 0.0735. The first kappa shape index (κ1) is 17.4. The minimum absolute atomic E-state index is 0.0393. The molecule has 2 aliphatic rings. The van der Waals surface area contributed by atoms with E-state index in [9.17, 15) is 4.79 Å². The normalized spacial score (nSPS) is 16.5. The topological polar surface area (TPSA) is 67.2 Å². The van der Waals surface area contributed by atoms with Gasteiger partial charge in [0.15, 0.2) is 5.82 Å². The molecule has 0 aromatic carbocycles. The fourth-order valence-corrected chi connectivity index (χ4v) is 4.67. The van der Waals surface area contributed by atoms with Gasteiger partial charge in [-0.25, -0.2) is 0 Å². The van der Waals surface area contributed by atoms with Crippen molar-refractivity contribution in [3.63, 3.8) is 0 Å². The van der Waals surface area contributed by atoms with Crippen molar-refractivity contribution in [3.05, 3.63) is 46.6 Å². The minimum Gasteiger partial charge on any atom is -0.352 e. The molecule has 0 bridgehead atoms. The van der Waals surface area contributed by atoms with Crippen LogP contribution in [0.5, 0.6) is 0 Å². The van der Waals surface area contributed by atoms with E-state index in [-0.39, 0.29) is 5.91 Å². The molecule has 5 rings (SSSR count). The molecule has 7 nitrogen and oxygen atoms in total. The summed E-state index contributed by atoms with van der Waals surface area (Å²) in [6.45, 7) is 2.90. The molecule has 0 saturated carbocycles. The highest BCUT2D eigenvalue weighted by atomic mass is 32.1. The van der Waals surface area contributed by atoms with E-state index in [1.54, 1.807) is 16.0 Å². The van der Waals surface area contributed by atoms with E-state index >= 15 is 0 Å². The molecule has 0 spiro atoms. The van der Waals surface area contributed by atoms with Crippen LogP contribution in [0.4, 0.5) is 5.82 Å². The molecular weight excluding hydrogens is 372 g/mol. The number of nitrogens with zero attached hydrogens (tertiary/aromatic N) is 6. The van der Waals surface area contributed by atoms with Gasteiger partial charge in [-0.1, -0.05) is 6.07 Å². The molecule has 8 heteroatoms. The van der Waals surface area contributed by atoms with Gasteiger partial charge in [0.05, 0.1) is 10.6 Å². The highest BCUT2D eigenvalue weighted by Crippen LogP contribution is 2.26. The highest BCUT2D eigenvalue weighted by molar-refractivity contribution is 7.13. The van der Waals surface area contributed by atoms with Crippen LogP contribution in [0.25, 0.3) is 10.6 Å². The molecule has 3 aromatic heterocycles. The Morgan fingerprint density at radius 1 is 1.11 bits per heavy atom. The Morgan fingerprint density at radius 3 is 2.75 bits per heavy atom. The van der Waals surface area contributed by atoms with Gasteiger partial charge in [0.2, 0.25) is 0 Å². The third-order valence-corrected chi connectivity index (χ3v) is 6.46. The average molecular weight is 395 g/mol. The molecule has 0 radical (unpaired) electrons. The monoisotopic (exact) mass is 394 g/mol. The summed E-state index contributed by atoms with van der Waals surface area (Å²) in [4.78, 5) is 18.2. The maximum absolute atomic E-state index is 13.0. The number of aromatic nitrogens is 4. The maximum Gasteiger partial charge on any atom is 0.272 e. The van der Waals surface area contributed by atoms with Crippen molar-refractivity contribution >= 4 is 23.1 Å². The van der Waals surface area contributed by atoms with Gasteiger partial charge in [-0.3, -0.25) is 9.48 Å². The zero-order valence-electron chi connectivity index (χ0n) is 15.8. The number of thiophene rings is 1. The lowest BCUT2D eigenvalue weighted by atomic mass is 10.2. The summed E-state index contributed by atoms with van der Waals surface area (Å²) in [6, 6.07) is 8.10. The van der Waals surface area contributed by atoms with Crippen LogP contribution in [0.2, 0.25) is 0 Å². The Kier molecular flexibility index (Phi) is 4.35. The van der Waals surface area contributed by atoms with E-state index in [1.807, 2.05) is 35.5 Å². The Labute approximate surface area is 167 Å². The van der Waals surface area contributed by atoms with Crippen molar-refractivity contribution in [2.75, 3.05) is 31.1 Å². The van der Waals surface area contributed by atoms with Crippen molar-refractivity contribution in [2.45, 2.75) is 19.3 Å². The average Bonchev–Trinajstić information content (AvgIpc) is 3.47. The molecule has 3 aromatic rings. The summed E-state index contributed by atoms with van der Waals surface area (Å²) < 4.78 is 1.69. The Balaban J connectivity index is 1.27. The molecule has 0 N–H and O–H groups in total. The summed E-state index contributed by atoms with van der Waals surface area (Å²) in [6.07, 6.45) is 3.32. The Morgan fingerprint density at radius 2 is 1.96 bits per heavy atom. The fourth-order valence-electron chi connectivity index (χ4n) is 3.98. The van der Waals surface area contributed by atoms with Crippen LogP contribution in [0, 0.1) is 0 Å². The van der Waals surface area contributed by atoms with Crippen LogP contribution in [-0.4, -0.2) is 57.0 Å². The van der Waals surface area contributed by atoms with E-state index in [4.69, 9.17) is 0 Å². The number of amides is 1. The van der Waals surface area contributed by atoms with E-state index in [0.717, 1.165) is 48.0 Å². The third kappa shape index (κ3) is 3.07. The second-order valence-electron chi connectivity index (χ2n) is 7.32. The molecular formula is C20H22N6OS. The summed E-state index contributed by atoms with van der Waals surface area (Å²) in [7, 11) is 1.83. The van der Waals surface area contributed by atoms with Crippen LogP contribution < -0.4 is 4.90 Å². The second kappa shape index (κ2) is 7.01. The number of hydrogen-bond donors (Lipinski definition) is 0. The Bertz CT molecular complexity index is 1000. The predicted molar refractivity (Wildman–Crippen MR) is 109 cm³/mol. The molecule has 1 aliphatic carbocycles. The predicted octanol–water partition coefficient (Wildman–Crippen LogP) is 2.39. The van der Waals surface area contributed by atoms with Crippen molar-refractivity contribution in [1.82, 2.24) is 24.9 Å². The molecule has 1 aliphatic heterocycles. The first-order chi connectivity index (χ1) is 13.7. The quantitative estimate of drug-likeness (QED) is 0.682. The third-order valence-electron chi connectivity index (χ3n) is 5.57. The number of fused-ring (bicyclic) bond motifs is 1. The number of carbonyl (C=O) groups is 1. The maximum atomic E-state index is 13.0. The van der Waals surface area contributed by atoms with E-state index in [1.165, 1.54) is 12.0 Å². The van der Waals surface area contributed by atoms with Gasteiger partial charge in [-0.15, -0.1) is 16.4 Å². The number of hydrogen-bond acceptors (Lipinski definition) is 6. The molecule has 0 atom stereocenters.